The van der Waals surface area contributed by atoms with E-state index in [2.05, 4.69) is 81.8 Å². The number of hydrogen-bond acceptors (Lipinski definition) is 6. The number of aliphatic carboxylic acids is 1. The van der Waals surface area contributed by atoms with Gasteiger partial charge in [0.15, 0.2) is 0 Å². The number of allylic oxidation sites excluding steroid dienone is 2. The highest BCUT2D eigenvalue weighted by molar-refractivity contribution is 5.88. The van der Waals surface area contributed by atoms with E-state index in [0.717, 1.165) is 63.7 Å². The number of carboxylic acids is 1. The van der Waals surface area contributed by atoms with Crippen molar-refractivity contribution >= 4 is 5.97 Å². The third-order valence-corrected chi connectivity index (χ3v) is 7.30. The van der Waals surface area contributed by atoms with E-state index in [1.807, 2.05) is 25.3 Å². The molecule has 37 heavy (non-hydrogen) atoms. The van der Waals surface area contributed by atoms with Gasteiger partial charge in [0, 0.05) is 63.7 Å². The van der Waals surface area contributed by atoms with E-state index in [-0.39, 0.29) is 12.2 Å². The van der Waals surface area contributed by atoms with Gasteiger partial charge in [-0.2, -0.15) is 0 Å². The van der Waals surface area contributed by atoms with Crippen LogP contribution in [0.1, 0.15) is 43.3 Å². The fourth-order valence-electron chi connectivity index (χ4n) is 5.22. The summed E-state index contributed by atoms with van der Waals surface area (Å²) in [6.45, 7) is 15.7. The molecule has 7 heteroatoms. The van der Waals surface area contributed by atoms with Gasteiger partial charge in [0.25, 0.3) is 0 Å². The summed E-state index contributed by atoms with van der Waals surface area (Å²) in [6, 6.07) is 15.4. The molecule has 1 aromatic carbocycles. The van der Waals surface area contributed by atoms with Crippen LogP contribution in [0.2, 0.25) is 0 Å². The normalized spacial score (nSPS) is 19.0. The Morgan fingerprint density at radius 2 is 1.76 bits per heavy atom. The fraction of sp³-hybridized carbons (Fsp3) is 0.467. The first kappa shape index (κ1) is 27.0. The minimum Gasteiger partial charge on any atom is -0.478 e. The average Bonchev–Trinajstić information content (AvgIpc) is 2.89. The molecule has 198 valence electrons. The topological polar surface area (TPSA) is 63.1 Å². The number of rotatable bonds is 10. The first-order valence-corrected chi connectivity index (χ1v) is 13.4. The largest absolute Gasteiger partial charge is 0.478 e. The van der Waals surface area contributed by atoms with Crippen LogP contribution in [0.5, 0.6) is 0 Å². The number of aromatic nitrogens is 1. The molecule has 7 nitrogen and oxygen atoms in total. The van der Waals surface area contributed by atoms with E-state index in [1.165, 1.54) is 11.1 Å². The molecular weight excluding hydrogens is 462 g/mol. The van der Waals surface area contributed by atoms with E-state index in [0.29, 0.717) is 5.57 Å². The summed E-state index contributed by atoms with van der Waals surface area (Å²) in [6.07, 6.45) is 5.41. The number of hydrogen-bond donors (Lipinski definition) is 1. The van der Waals surface area contributed by atoms with Gasteiger partial charge in [-0.05, 0) is 62.7 Å². The maximum Gasteiger partial charge on any atom is 0.335 e. The van der Waals surface area contributed by atoms with Crippen LogP contribution in [0, 0.1) is 6.92 Å². The lowest BCUT2D eigenvalue weighted by Gasteiger charge is -2.46. The Morgan fingerprint density at radius 1 is 1.05 bits per heavy atom. The Balaban J connectivity index is 1.30. The van der Waals surface area contributed by atoms with Gasteiger partial charge in [-0.15, -0.1) is 0 Å². The average molecular weight is 504 g/mol. The molecule has 0 aliphatic carbocycles. The number of pyridine rings is 1. The van der Waals surface area contributed by atoms with Crippen LogP contribution in [-0.2, 0) is 24.4 Å². The Hall–Kier alpha value is -3.00. The first-order valence-electron chi connectivity index (χ1n) is 13.4. The first-order chi connectivity index (χ1) is 17.8. The predicted octanol–water partition coefficient (Wildman–Crippen LogP) is 4.10. The fourth-order valence-corrected chi connectivity index (χ4v) is 5.22. The molecule has 4 rings (SSSR count). The predicted molar refractivity (Wildman–Crippen MR) is 148 cm³/mol. The molecule has 1 fully saturated rings. The Morgan fingerprint density at radius 3 is 2.38 bits per heavy atom. The van der Waals surface area contributed by atoms with E-state index in [9.17, 15) is 9.90 Å². The van der Waals surface area contributed by atoms with Crippen LogP contribution in [0.4, 0.5) is 0 Å². The van der Waals surface area contributed by atoms with E-state index >= 15 is 0 Å². The monoisotopic (exact) mass is 503 g/mol. The highest BCUT2D eigenvalue weighted by Crippen LogP contribution is 2.25. The van der Waals surface area contributed by atoms with Gasteiger partial charge >= 0.3 is 5.97 Å². The van der Waals surface area contributed by atoms with E-state index in [4.69, 9.17) is 0 Å². The lowest BCUT2D eigenvalue weighted by Crippen LogP contribution is -2.57. The molecule has 0 saturated carbocycles. The molecule has 0 radical (unpaired) electrons. The van der Waals surface area contributed by atoms with Crippen molar-refractivity contribution in [1.82, 2.24) is 24.6 Å². The zero-order valence-corrected chi connectivity index (χ0v) is 22.7. The van der Waals surface area contributed by atoms with Gasteiger partial charge < -0.3 is 10.0 Å². The summed E-state index contributed by atoms with van der Waals surface area (Å²) in [4.78, 5) is 25.9. The molecule has 1 aromatic heterocycles. The summed E-state index contributed by atoms with van der Waals surface area (Å²) in [5, 5.41) is 9.79. The lowest BCUT2D eigenvalue weighted by atomic mass is 10.0. The summed E-state index contributed by atoms with van der Waals surface area (Å²) >= 11 is 0. The van der Waals surface area contributed by atoms with Crippen molar-refractivity contribution in [3.05, 3.63) is 88.9 Å². The molecule has 1 unspecified atom stereocenters. The Bertz CT molecular complexity index is 1100. The molecule has 1 saturated heterocycles. The molecule has 3 heterocycles. The van der Waals surface area contributed by atoms with Gasteiger partial charge in [0.05, 0.1) is 11.3 Å². The van der Waals surface area contributed by atoms with E-state index in [1.54, 1.807) is 6.08 Å². The van der Waals surface area contributed by atoms with Gasteiger partial charge in [0.2, 0.25) is 0 Å². The van der Waals surface area contributed by atoms with Gasteiger partial charge in [-0.1, -0.05) is 37.3 Å². The quantitative estimate of drug-likeness (QED) is 0.524. The van der Waals surface area contributed by atoms with Crippen LogP contribution >= 0.6 is 0 Å². The summed E-state index contributed by atoms with van der Waals surface area (Å²) in [5.74, 6) is -0.834. The summed E-state index contributed by atoms with van der Waals surface area (Å²) < 4.78 is 0. The van der Waals surface area contributed by atoms with Crippen molar-refractivity contribution in [3.63, 3.8) is 0 Å². The van der Waals surface area contributed by atoms with Crippen LogP contribution < -0.4 is 0 Å². The molecule has 1 N–H and O–H groups in total. The van der Waals surface area contributed by atoms with Crippen molar-refractivity contribution < 1.29 is 9.90 Å². The number of carbonyl (C=O) groups is 1. The van der Waals surface area contributed by atoms with Crippen LogP contribution in [0.3, 0.4) is 0 Å². The number of piperazine rings is 1. The molecule has 2 aromatic rings. The minimum absolute atomic E-state index is 0.208. The lowest BCUT2D eigenvalue weighted by molar-refractivity contribution is -0.134. The Kier molecular flexibility index (Phi) is 9.14. The van der Waals surface area contributed by atoms with Crippen molar-refractivity contribution in [1.29, 1.82) is 0 Å². The van der Waals surface area contributed by atoms with Crippen molar-refractivity contribution in [2.24, 2.45) is 0 Å². The zero-order chi connectivity index (χ0) is 26.4. The maximum absolute atomic E-state index is 11.9. The number of aryl methyl sites for hydroxylation is 1. The minimum atomic E-state index is -0.834. The van der Waals surface area contributed by atoms with Crippen molar-refractivity contribution in [2.45, 2.75) is 59.5 Å². The molecule has 0 spiro atoms. The second kappa shape index (κ2) is 12.5. The molecule has 1 atom stereocenters. The number of nitrogens with zero attached hydrogens (tertiary/aromatic N) is 5. The molecule has 2 aliphatic rings. The second-order valence-corrected chi connectivity index (χ2v) is 10.4. The molecule has 0 bridgehead atoms. The third-order valence-electron chi connectivity index (χ3n) is 7.30. The van der Waals surface area contributed by atoms with Crippen LogP contribution in [0.25, 0.3) is 0 Å². The highest BCUT2D eigenvalue weighted by atomic mass is 16.4. The third kappa shape index (κ3) is 7.06. The summed E-state index contributed by atoms with van der Waals surface area (Å²) in [5.41, 5.74) is 5.26. The highest BCUT2D eigenvalue weighted by Gasteiger charge is 2.35. The van der Waals surface area contributed by atoms with Gasteiger partial charge in [-0.25, -0.2) is 4.79 Å². The van der Waals surface area contributed by atoms with Crippen molar-refractivity contribution in [2.75, 3.05) is 32.7 Å². The SMILES string of the molecule is CCN(Cc1ccc(CN2CCN(C3C(C(=O)O)=CC=CN3C(C)C)CC2)cc1)Cc1cccc(C)n1. The summed E-state index contributed by atoms with van der Waals surface area (Å²) in [7, 11) is 0. The number of benzene rings is 1. The van der Waals surface area contributed by atoms with Gasteiger partial charge in [-0.3, -0.25) is 19.7 Å². The zero-order valence-electron chi connectivity index (χ0n) is 22.7. The van der Waals surface area contributed by atoms with Gasteiger partial charge in [0.1, 0.15) is 6.17 Å². The second-order valence-electron chi connectivity index (χ2n) is 10.4. The molecular formula is C30H41N5O2. The van der Waals surface area contributed by atoms with Crippen LogP contribution in [-0.4, -0.2) is 80.6 Å². The number of carboxylic acid groups (broad SMARTS) is 1. The van der Waals surface area contributed by atoms with E-state index < -0.39 is 5.97 Å². The maximum atomic E-state index is 11.9. The van der Waals surface area contributed by atoms with Crippen LogP contribution in [0.15, 0.2) is 66.4 Å². The van der Waals surface area contributed by atoms with Crippen molar-refractivity contribution in [3.8, 4) is 0 Å². The molecule has 2 aliphatic heterocycles. The Labute approximate surface area is 221 Å². The smallest absolute Gasteiger partial charge is 0.335 e. The molecule has 0 amide bonds. The standard InChI is InChI=1S/C30H41N5O2/c1-5-32(22-27-9-6-8-24(4)31-27)20-25-11-13-26(14-12-25)21-33-16-18-34(19-17-33)29-28(30(36)37)10-7-15-35(29)23(2)3/h6-15,23,29H,5,16-22H2,1-4H3,(H,36,37).